The zero-order valence-corrected chi connectivity index (χ0v) is 21.7. The smallest absolute Gasteiger partial charge is 0.271 e. The van der Waals surface area contributed by atoms with Gasteiger partial charge in [-0.2, -0.15) is 0 Å². The van der Waals surface area contributed by atoms with E-state index < -0.39 is 20.0 Å². The number of nitrogens with one attached hydrogen (secondary N) is 2. The topological polar surface area (TPSA) is 114 Å². The molecule has 0 saturated heterocycles. The first kappa shape index (κ1) is 24.0. The van der Waals surface area contributed by atoms with Crippen LogP contribution in [0.5, 0.6) is 0 Å². The van der Waals surface area contributed by atoms with Crippen LogP contribution in [0.25, 0.3) is 10.9 Å². The van der Waals surface area contributed by atoms with E-state index in [0.717, 1.165) is 27.7 Å². The Hall–Kier alpha value is -2.09. The standard InChI is InChI=1S/C19H15Cl2N3O5S4/c1-10-3-6-18(30-10)33(28,29)23-16-9-14(21)13(20)8-15(16)22-32(26,27)11-4-5-17-12(7-11)19(25)31-24(17)2/h3-9,22-23H,1-2H3. The van der Waals surface area contributed by atoms with Crippen LogP contribution in [0.15, 0.2) is 56.4 Å². The monoisotopic (exact) mass is 563 g/mol. The van der Waals surface area contributed by atoms with Gasteiger partial charge >= 0.3 is 0 Å². The lowest BCUT2D eigenvalue weighted by molar-refractivity contribution is 0.599. The van der Waals surface area contributed by atoms with Gasteiger partial charge in [0, 0.05) is 11.9 Å². The second-order valence-corrected chi connectivity index (χ2v) is 13.7. The highest BCUT2D eigenvalue weighted by molar-refractivity contribution is 7.94. The molecular formula is C19H15Cl2N3O5S4. The highest BCUT2D eigenvalue weighted by Gasteiger charge is 2.23. The number of rotatable bonds is 6. The minimum Gasteiger partial charge on any atom is -0.297 e. The largest absolute Gasteiger partial charge is 0.297 e. The summed E-state index contributed by atoms with van der Waals surface area (Å²) in [6.07, 6.45) is 0. The predicted molar refractivity (Wildman–Crippen MR) is 134 cm³/mol. The lowest BCUT2D eigenvalue weighted by atomic mass is 10.2. The summed E-state index contributed by atoms with van der Waals surface area (Å²) in [6, 6.07) is 9.68. The molecule has 0 atom stereocenters. The van der Waals surface area contributed by atoms with E-state index in [4.69, 9.17) is 23.2 Å². The quantitative estimate of drug-likeness (QED) is 0.347. The summed E-state index contributed by atoms with van der Waals surface area (Å²) in [4.78, 5) is 12.8. The van der Waals surface area contributed by atoms with Crippen LogP contribution >= 0.6 is 46.1 Å². The number of halogens is 2. The van der Waals surface area contributed by atoms with Crippen molar-refractivity contribution in [2.45, 2.75) is 16.0 Å². The molecule has 33 heavy (non-hydrogen) atoms. The minimum atomic E-state index is -4.21. The molecule has 0 amide bonds. The maximum Gasteiger partial charge on any atom is 0.271 e. The maximum absolute atomic E-state index is 13.1. The van der Waals surface area contributed by atoms with Crippen molar-refractivity contribution < 1.29 is 16.8 Å². The molecule has 0 fully saturated rings. The van der Waals surface area contributed by atoms with Gasteiger partial charge in [0.1, 0.15) is 4.21 Å². The number of hydrogen-bond acceptors (Lipinski definition) is 7. The van der Waals surface area contributed by atoms with Crippen LogP contribution in [-0.2, 0) is 27.1 Å². The fourth-order valence-corrected chi connectivity index (χ4v) is 7.56. The second kappa shape index (κ2) is 8.60. The lowest BCUT2D eigenvalue weighted by Crippen LogP contribution is -2.17. The third-order valence-corrected chi connectivity index (χ3v) is 10.4. The van der Waals surface area contributed by atoms with E-state index in [0.29, 0.717) is 5.52 Å². The molecule has 0 bridgehead atoms. The van der Waals surface area contributed by atoms with Gasteiger partial charge in [-0.25, -0.2) is 16.8 Å². The fourth-order valence-electron chi connectivity index (χ4n) is 3.01. The molecule has 0 aliphatic rings. The molecule has 0 saturated carbocycles. The number of nitrogens with zero attached hydrogens (tertiary/aromatic N) is 1. The average Bonchev–Trinajstić information content (AvgIpc) is 3.29. The van der Waals surface area contributed by atoms with Crippen LogP contribution in [0.3, 0.4) is 0 Å². The number of aryl methyl sites for hydroxylation is 2. The van der Waals surface area contributed by atoms with Crippen LogP contribution in [0.4, 0.5) is 11.4 Å². The Morgan fingerprint density at radius 1 is 0.879 bits per heavy atom. The number of hydrogen-bond donors (Lipinski definition) is 2. The van der Waals surface area contributed by atoms with E-state index >= 15 is 0 Å². The molecule has 2 aromatic heterocycles. The Labute approximate surface area is 207 Å². The Balaban J connectivity index is 1.75. The van der Waals surface area contributed by atoms with Gasteiger partial charge in [-0.1, -0.05) is 23.2 Å². The van der Waals surface area contributed by atoms with Crippen LogP contribution in [-0.4, -0.2) is 20.8 Å². The Morgan fingerprint density at radius 2 is 1.48 bits per heavy atom. The maximum atomic E-state index is 13.1. The van der Waals surface area contributed by atoms with Gasteiger partial charge in [-0.15, -0.1) is 11.3 Å². The summed E-state index contributed by atoms with van der Waals surface area (Å²) < 4.78 is 57.9. The number of thiophene rings is 1. The highest BCUT2D eigenvalue weighted by Crippen LogP contribution is 2.36. The zero-order valence-electron chi connectivity index (χ0n) is 16.9. The van der Waals surface area contributed by atoms with E-state index in [-0.39, 0.29) is 40.7 Å². The molecule has 8 nitrogen and oxygen atoms in total. The number of aromatic nitrogens is 1. The third kappa shape index (κ3) is 4.77. The first-order valence-electron chi connectivity index (χ1n) is 9.08. The third-order valence-electron chi connectivity index (χ3n) is 4.59. The predicted octanol–water partition coefficient (Wildman–Crippen LogP) is 4.88. The molecule has 0 radical (unpaired) electrons. The lowest BCUT2D eigenvalue weighted by Gasteiger charge is -2.15. The van der Waals surface area contributed by atoms with Gasteiger partial charge in [-0.3, -0.25) is 18.2 Å². The molecule has 4 rings (SSSR count). The molecule has 2 aromatic carbocycles. The summed E-state index contributed by atoms with van der Waals surface area (Å²) >= 11 is 14.1. The number of benzene rings is 2. The van der Waals surface area contributed by atoms with Gasteiger partial charge in [0.25, 0.3) is 24.8 Å². The van der Waals surface area contributed by atoms with E-state index in [1.807, 2.05) is 0 Å². The van der Waals surface area contributed by atoms with Crippen molar-refractivity contribution in [1.29, 1.82) is 0 Å². The van der Waals surface area contributed by atoms with Crippen LogP contribution < -0.4 is 14.2 Å². The Kier molecular flexibility index (Phi) is 6.27. The van der Waals surface area contributed by atoms with Crippen LogP contribution in [0.1, 0.15) is 4.88 Å². The van der Waals surface area contributed by atoms with Crippen molar-refractivity contribution >= 4 is 88.4 Å². The van der Waals surface area contributed by atoms with Gasteiger partial charge in [-0.05, 0) is 60.9 Å². The molecule has 0 aliphatic heterocycles. The average molecular weight is 565 g/mol. The van der Waals surface area contributed by atoms with E-state index in [1.165, 1.54) is 36.4 Å². The van der Waals surface area contributed by atoms with E-state index in [9.17, 15) is 21.6 Å². The highest BCUT2D eigenvalue weighted by atomic mass is 35.5. The molecule has 0 aliphatic carbocycles. The van der Waals surface area contributed by atoms with Crippen molar-refractivity contribution in [3.63, 3.8) is 0 Å². The normalized spacial score (nSPS) is 12.2. The molecule has 2 N–H and O–H groups in total. The molecule has 4 aromatic rings. The van der Waals surface area contributed by atoms with Gasteiger partial charge in [0.15, 0.2) is 0 Å². The summed E-state index contributed by atoms with van der Waals surface area (Å²) in [6.45, 7) is 1.76. The van der Waals surface area contributed by atoms with Gasteiger partial charge in [0.2, 0.25) is 0 Å². The van der Waals surface area contributed by atoms with Gasteiger partial charge < -0.3 is 0 Å². The minimum absolute atomic E-state index is 0.0199. The first-order chi connectivity index (χ1) is 15.4. The molecule has 0 spiro atoms. The Morgan fingerprint density at radius 3 is 2.06 bits per heavy atom. The fraction of sp³-hybridized carbons (Fsp3) is 0.105. The molecule has 2 heterocycles. The van der Waals surface area contributed by atoms with Crippen molar-refractivity contribution in [3.05, 3.63) is 66.9 Å². The molecule has 0 unspecified atom stereocenters. The first-order valence-corrected chi connectivity index (χ1v) is 14.4. The summed E-state index contributed by atoms with van der Waals surface area (Å²) in [5.41, 5.74) is 0.365. The second-order valence-electron chi connectivity index (χ2n) is 6.94. The molecular weight excluding hydrogens is 549 g/mol. The van der Waals surface area contributed by atoms with Crippen LogP contribution in [0.2, 0.25) is 10.0 Å². The van der Waals surface area contributed by atoms with Gasteiger partial charge in [0.05, 0.1) is 37.2 Å². The number of sulfonamides is 2. The molecule has 174 valence electrons. The molecule has 14 heteroatoms. The summed E-state index contributed by atoms with van der Waals surface area (Å²) in [5, 5.41) is 0.308. The van der Waals surface area contributed by atoms with Crippen molar-refractivity contribution in [2.24, 2.45) is 7.05 Å². The Bertz CT molecular complexity index is 1670. The zero-order chi connectivity index (χ0) is 24.1. The number of anilines is 2. The van der Waals surface area contributed by atoms with E-state index in [1.54, 1.807) is 24.0 Å². The van der Waals surface area contributed by atoms with E-state index in [2.05, 4.69) is 9.44 Å². The van der Waals surface area contributed by atoms with Crippen molar-refractivity contribution in [1.82, 2.24) is 3.96 Å². The number of fused-ring (bicyclic) bond motifs is 1. The summed E-state index contributed by atoms with van der Waals surface area (Å²) in [7, 11) is -6.52. The van der Waals surface area contributed by atoms with Crippen molar-refractivity contribution in [3.8, 4) is 0 Å². The summed E-state index contributed by atoms with van der Waals surface area (Å²) in [5.74, 6) is 0. The SMILES string of the molecule is Cc1ccc(S(=O)(=O)Nc2cc(Cl)c(Cl)cc2NS(=O)(=O)c2ccc3c(c2)c(=O)sn3C)s1. The van der Waals surface area contributed by atoms with Crippen molar-refractivity contribution in [2.75, 3.05) is 9.44 Å². The van der Waals surface area contributed by atoms with Crippen LogP contribution in [0, 0.1) is 6.92 Å².